The molecule has 1 aromatic carbocycles. The summed E-state index contributed by atoms with van der Waals surface area (Å²) in [6.45, 7) is 1.78. The predicted octanol–water partition coefficient (Wildman–Crippen LogP) is 4.34. The number of hydrogen-bond acceptors (Lipinski definition) is 2. The summed E-state index contributed by atoms with van der Waals surface area (Å²) in [6, 6.07) is 4.75. The average Bonchev–Trinajstić information content (AvgIpc) is 3.01. The van der Waals surface area contributed by atoms with Crippen molar-refractivity contribution in [3.05, 3.63) is 65.5 Å². The highest BCUT2D eigenvalue weighted by atomic mass is 35.5. The van der Waals surface area contributed by atoms with Crippen LogP contribution in [0, 0.1) is 0 Å². The van der Waals surface area contributed by atoms with E-state index in [4.69, 9.17) is 11.6 Å². The van der Waals surface area contributed by atoms with Gasteiger partial charge in [-0.3, -0.25) is 0 Å². The van der Waals surface area contributed by atoms with Crippen molar-refractivity contribution in [2.75, 3.05) is 0 Å². The quantitative estimate of drug-likeness (QED) is 0.871. The summed E-state index contributed by atoms with van der Waals surface area (Å²) in [5.41, 5.74) is -1.10. The minimum Gasteiger partial charge on any atom is -0.386 e. The number of benzene rings is 1. The van der Waals surface area contributed by atoms with Crippen molar-refractivity contribution in [1.29, 1.82) is 0 Å². The van der Waals surface area contributed by atoms with Gasteiger partial charge in [0.25, 0.3) is 0 Å². The van der Waals surface area contributed by atoms with Crippen LogP contribution in [0.15, 0.2) is 59.9 Å². The molecular weight excluding hydrogens is 341 g/mol. The molecule has 1 heterocycles. The lowest BCUT2D eigenvalue weighted by Crippen LogP contribution is -2.41. The number of aromatic nitrogens is 2. The lowest BCUT2D eigenvalue weighted by Gasteiger charge is -2.35. The molecule has 0 aliphatic heterocycles. The van der Waals surface area contributed by atoms with Crippen LogP contribution in [0.3, 0.4) is 0 Å². The Morgan fingerprint density at radius 2 is 1.92 bits per heavy atom. The summed E-state index contributed by atoms with van der Waals surface area (Å²) in [5.74, 6) is 0.446. The minimum atomic E-state index is -4.39. The number of rotatable bonds is 2. The first-order valence-corrected chi connectivity index (χ1v) is 7.56. The Bertz CT molecular complexity index is 808. The monoisotopic (exact) mass is 354 g/mol. The molecule has 1 N–H and O–H groups in total. The van der Waals surface area contributed by atoms with Crippen LogP contribution < -0.4 is 0 Å². The molecule has 0 bridgehead atoms. The summed E-state index contributed by atoms with van der Waals surface area (Å²) >= 11 is 6.06. The smallest absolute Gasteiger partial charge is 0.386 e. The Morgan fingerprint density at radius 1 is 1.25 bits per heavy atom. The average molecular weight is 355 g/mol. The Morgan fingerprint density at radius 3 is 2.54 bits per heavy atom. The third-order valence-corrected chi connectivity index (χ3v) is 4.33. The second-order valence-corrected chi connectivity index (χ2v) is 6.19. The largest absolute Gasteiger partial charge is 0.416 e. The van der Waals surface area contributed by atoms with E-state index in [2.05, 4.69) is 4.98 Å². The van der Waals surface area contributed by atoms with E-state index in [0.717, 1.165) is 12.1 Å². The minimum absolute atomic E-state index is 0.446. The highest BCUT2D eigenvalue weighted by molar-refractivity contribution is 6.31. The third-order valence-electron chi connectivity index (χ3n) is 4.10. The molecule has 2 atom stereocenters. The van der Waals surface area contributed by atoms with Crippen molar-refractivity contribution >= 4 is 11.6 Å². The maximum Gasteiger partial charge on any atom is 0.416 e. The van der Waals surface area contributed by atoms with Gasteiger partial charge in [0, 0.05) is 23.0 Å². The molecule has 1 aromatic heterocycles. The molecule has 126 valence electrons. The van der Waals surface area contributed by atoms with Crippen molar-refractivity contribution in [2.45, 2.75) is 24.7 Å². The van der Waals surface area contributed by atoms with Crippen LogP contribution in [-0.2, 0) is 11.7 Å². The molecule has 3 nitrogen and oxygen atoms in total. The van der Waals surface area contributed by atoms with Crippen LogP contribution in [-0.4, -0.2) is 20.8 Å². The van der Waals surface area contributed by atoms with Crippen LogP contribution in [0.4, 0.5) is 13.2 Å². The topological polar surface area (TPSA) is 38.0 Å². The lowest BCUT2D eigenvalue weighted by atomic mass is 9.89. The number of aliphatic hydroxyl groups excluding tert-OH is 1. The number of hydrogen-bond donors (Lipinski definition) is 1. The van der Waals surface area contributed by atoms with Gasteiger partial charge in [-0.15, -0.1) is 0 Å². The number of allylic oxidation sites excluding steroid dienone is 2. The van der Waals surface area contributed by atoms with Crippen molar-refractivity contribution in [2.24, 2.45) is 0 Å². The fourth-order valence-electron chi connectivity index (χ4n) is 2.72. The van der Waals surface area contributed by atoms with E-state index in [9.17, 15) is 18.3 Å². The van der Waals surface area contributed by atoms with Gasteiger partial charge in [0.05, 0.1) is 17.2 Å². The van der Waals surface area contributed by atoms with Crippen molar-refractivity contribution < 1.29 is 18.3 Å². The molecule has 0 fully saturated rings. The standard InChI is InChI=1S/C17H14ClF3N2O/c1-16(10-13(18)6-7-14(16)24)23-9-8-22-15(23)11-2-4-12(5-3-11)17(19,20)21/h2-10,14,24H,1H3. The molecule has 0 saturated carbocycles. The lowest BCUT2D eigenvalue weighted by molar-refractivity contribution is -0.137. The number of alkyl halides is 3. The number of imidazole rings is 1. The zero-order valence-corrected chi connectivity index (χ0v) is 13.4. The van der Waals surface area contributed by atoms with Crippen molar-refractivity contribution in [3.63, 3.8) is 0 Å². The number of aliphatic hydroxyl groups is 1. The van der Waals surface area contributed by atoms with Crippen LogP contribution in [0.2, 0.25) is 0 Å². The van der Waals surface area contributed by atoms with Gasteiger partial charge in [0.15, 0.2) is 0 Å². The Hall–Kier alpha value is -2.05. The maximum atomic E-state index is 12.7. The Balaban J connectivity index is 2.04. The molecule has 0 spiro atoms. The summed E-state index contributed by atoms with van der Waals surface area (Å²) in [6.07, 6.45) is 2.82. The zero-order valence-electron chi connectivity index (χ0n) is 12.6. The first-order chi connectivity index (χ1) is 11.2. The molecule has 1 aliphatic carbocycles. The van der Waals surface area contributed by atoms with Gasteiger partial charge >= 0.3 is 6.18 Å². The van der Waals surface area contributed by atoms with Gasteiger partial charge < -0.3 is 9.67 Å². The van der Waals surface area contributed by atoms with Gasteiger partial charge in [-0.05, 0) is 31.2 Å². The molecule has 0 saturated heterocycles. The molecule has 0 amide bonds. The Kier molecular flexibility index (Phi) is 4.05. The summed E-state index contributed by atoms with van der Waals surface area (Å²) in [5, 5.41) is 10.8. The van der Waals surface area contributed by atoms with E-state index < -0.39 is 23.4 Å². The van der Waals surface area contributed by atoms with Gasteiger partial charge in [0.1, 0.15) is 5.82 Å². The molecule has 3 rings (SSSR count). The summed E-state index contributed by atoms with van der Waals surface area (Å²) < 4.78 is 39.8. The number of halogens is 4. The van der Waals surface area contributed by atoms with Gasteiger partial charge in [-0.1, -0.05) is 29.8 Å². The van der Waals surface area contributed by atoms with Gasteiger partial charge in [-0.2, -0.15) is 13.2 Å². The van der Waals surface area contributed by atoms with Crippen LogP contribution in [0.1, 0.15) is 12.5 Å². The fourth-order valence-corrected chi connectivity index (χ4v) is 3.01. The first kappa shape index (κ1) is 16.8. The maximum absolute atomic E-state index is 12.7. The number of nitrogens with zero attached hydrogens (tertiary/aromatic N) is 2. The molecule has 2 aromatic rings. The van der Waals surface area contributed by atoms with E-state index in [0.29, 0.717) is 16.4 Å². The first-order valence-electron chi connectivity index (χ1n) is 7.18. The van der Waals surface area contributed by atoms with Crippen LogP contribution in [0.5, 0.6) is 0 Å². The third kappa shape index (κ3) is 2.87. The summed E-state index contributed by atoms with van der Waals surface area (Å²) in [4.78, 5) is 4.23. The zero-order chi connectivity index (χ0) is 17.5. The molecule has 1 aliphatic rings. The van der Waals surface area contributed by atoms with E-state index in [1.54, 1.807) is 35.9 Å². The molecule has 0 radical (unpaired) electrons. The molecule has 24 heavy (non-hydrogen) atoms. The second-order valence-electron chi connectivity index (χ2n) is 5.75. The second kappa shape index (κ2) is 5.79. The van der Waals surface area contributed by atoms with Gasteiger partial charge in [0.2, 0.25) is 0 Å². The van der Waals surface area contributed by atoms with Crippen LogP contribution >= 0.6 is 11.6 Å². The van der Waals surface area contributed by atoms with E-state index in [1.165, 1.54) is 18.3 Å². The predicted molar refractivity (Wildman–Crippen MR) is 85.4 cm³/mol. The van der Waals surface area contributed by atoms with Crippen molar-refractivity contribution in [1.82, 2.24) is 9.55 Å². The highest BCUT2D eigenvalue weighted by Gasteiger charge is 2.35. The molecular formula is C17H14ClF3N2O. The van der Waals surface area contributed by atoms with Gasteiger partial charge in [-0.25, -0.2) is 4.98 Å². The van der Waals surface area contributed by atoms with E-state index in [1.807, 2.05) is 0 Å². The highest BCUT2D eigenvalue weighted by Crippen LogP contribution is 2.35. The van der Waals surface area contributed by atoms with Crippen LogP contribution in [0.25, 0.3) is 11.4 Å². The fraction of sp³-hybridized carbons (Fsp3) is 0.235. The van der Waals surface area contributed by atoms with Crippen molar-refractivity contribution in [3.8, 4) is 11.4 Å². The summed E-state index contributed by atoms with van der Waals surface area (Å²) in [7, 11) is 0. The molecule has 2 unspecified atom stereocenters. The molecule has 7 heteroatoms. The Labute approximate surface area is 141 Å². The van der Waals surface area contributed by atoms with E-state index >= 15 is 0 Å². The SMILES string of the molecule is CC1(n2ccnc2-c2ccc(C(F)(F)F)cc2)C=C(Cl)C=CC1O. The normalized spacial score (nSPS) is 24.1. The van der Waals surface area contributed by atoms with E-state index in [-0.39, 0.29) is 0 Å².